The standard InChI is InChI=1S/C18H16.C6H5F3O.FH/c1-3-7-15-13(5-1)9-11-18-16-8-4-2-6-14(16)10-12-17(15)18;7-6(8,9)5-2-1-3-10-4-5;/h1,3,5,7,9-12H,2,4,6,8H2;1-2,4H,3H2;1H. The largest absolute Gasteiger partial charge is 0.496 e. The van der Waals surface area contributed by atoms with Gasteiger partial charge in [-0.05, 0) is 70.5 Å². The molecule has 1 nitrogen and oxygen atoms in total. The average molecular weight is 402 g/mol. The third-order valence-electron chi connectivity index (χ3n) is 5.28. The van der Waals surface area contributed by atoms with Crippen molar-refractivity contribution in [2.75, 3.05) is 6.61 Å². The molecule has 0 fully saturated rings. The van der Waals surface area contributed by atoms with Gasteiger partial charge in [0.15, 0.2) is 0 Å². The third-order valence-corrected chi connectivity index (χ3v) is 5.28. The van der Waals surface area contributed by atoms with Gasteiger partial charge < -0.3 is 4.74 Å². The maximum absolute atomic E-state index is 11.7. The monoisotopic (exact) mass is 402 g/mol. The summed E-state index contributed by atoms with van der Waals surface area (Å²) in [5.41, 5.74) is 2.44. The number of hydrogen-bond donors (Lipinski definition) is 0. The minimum atomic E-state index is -4.28. The fraction of sp³-hybridized carbons (Fsp3) is 0.250. The van der Waals surface area contributed by atoms with Gasteiger partial charge in [-0.3, -0.25) is 4.70 Å². The molecule has 0 bridgehead atoms. The van der Waals surface area contributed by atoms with E-state index >= 15 is 0 Å². The van der Waals surface area contributed by atoms with Gasteiger partial charge in [0.25, 0.3) is 0 Å². The first-order valence-corrected chi connectivity index (χ1v) is 9.52. The van der Waals surface area contributed by atoms with E-state index in [0.29, 0.717) is 0 Å². The van der Waals surface area contributed by atoms with Crippen molar-refractivity contribution in [1.29, 1.82) is 0 Å². The highest BCUT2D eigenvalue weighted by atomic mass is 19.4. The summed E-state index contributed by atoms with van der Waals surface area (Å²) < 4.78 is 39.7. The molecule has 1 aliphatic heterocycles. The van der Waals surface area contributed by atoms with E-state index in [1.165, 1.54) is 53.3 Å². The Bertz CT molecular complexity index is 1060. The fourth-order valence-electron chi connectivity index (χ4n) is 3.91. The molecule has 0 atom stereocenters. The molecule has 5 heteroatoms. The van der Waals surface area contributed by atoms with Gasteiger partial charge in [0.1, 0.15) is 6.61 Å². The molecule has 0 spiro atoms. The summed E-state index contributed by atoms with van der Waals surface area (Å²) >= 11 is 0. The summed E-state index contributed by atoms with van der Waals surface area (Å²) in [5, 5.41) is 5.64. The van der Waals surface area contributed by atoms with Crippen LogP contribution >= 0.6 is 0 Å². The van der Waals surface area contributed by atoms with Crippen LogP contribution in [0.4, 0.5) is 17.9 Å². The Balaban J connectivity index is 0.000000189. The van der Waals surface area contributed by atoms with Gasteiger partial charge in [-0.15, -0.1) is 0 Å². The SMILES string of the molecule is F.FC(F)(F)C1=COCC=C1.c1ccc2c(c1)ccc1c3c(ccc12)CCCC3. The minimum Gasteiger partial charge on any atom is -0.496 e. The molecule has 0 aromatic heterocycles. The number of alkyl halides is 3. The highest BCUT2D eigenvalue weighted by molar-refractivity contribution is 6.08. The lowest BCUT2D eigenvalue weighted by atomic mass is 9.86. The van der Waals surface area contributed by atoms with Crippen molar-refractivity contribution in [3.05, 3.63) is 83.6 Å². The first kappa shape index (κ1) is 20.9. The van der Waals surface area contributed by atoms with E-state index < -0.39 is 11.7 Å². The third kappa shape index (κ3) is 4.44. The van der Waals surface area contributed by atoms with Crippen molar-refractivity contribution in [3.63, 3.8) is 0 Å². The minimum absolute atomic E-state index is 0. The lowest BCUT2D eigenvalue weighted by molar-refractivity contribution is -0.0907. The number of aryl methyl sites for hydroxylation is 2. The maximum Gasteiger partial charge on any atom is 0.419 e. The van der Waals surface area contributed by atoms with Gasteiger partial charge in [0.2, 0.25) is 0 Å². The Kier molecular flexibility index (Phi) is 6.26. The molecular weight excluding hydrogens is 380 g/mol. The molecule has 3 aromatic carbocycles. The molecule has 5 rings (SSSR count). The van der Waals surface area contributed by atoms with Gasteiger partial charge >= 0.3 is 6.18 Å². The molecule has 0 N–H and O–H groups in total. The van der Waals surface area contributed by atoms with Gasteiger partial charge in [-0.25, -0.2) is 0 Å². The van der Waals surface area contributed by atoms with Gasteiger partial charge in [0.05, 0.1) is 11.8 Å². The number of hydrogen-bond acceptors (Lipinski definition) is 1. The predicted molar refractivity (Wildman–Crippen MR) is 110 cm³/mol. The summed E-state index contributed by atoms with van der Waals surface area (Å²) in [6.07, 6.45) is 3.98. The molecule has 29 heavy (non-hydrogen) atoms. The number of rotatable bonds is 0. The second-order valence-electron chi connectivity index (χ2n) is 7.10. The molecule has 2 aliphatic rings. The number of allylic oxidation sites excluding steroid dienone is 2. The first-order valence-electron chi connectivity index (χ1n) is 9.52. The maximum atomic E-state index is 11.7. The average Bonchev–Trinajstić information content (AvgIpc) is 2.74. The van der Waals surface area contributed by atoms with Gasteiger partial charge in [-0.1, -0.05) is 48.5 Å². The van der Waals surface area contributed by atoms with Crippen LogP contribution in [0.2, 0.25) is 0 Å². The summed E-state index contributed by atoms with van der Waals surface area (Å²) in [7, 11) is 0. The Morgan fingerprint density at radius 3 is 2.28 bits per heavy atom. The molecule has 152 valence electrons. The molecule has 1 aliphatic carbocycles. The van der Waals surface area contributed by atoms with Crippen LogP contribution < -0.4 is 0 Å². The normalized spacial score (nSPS) is 15.5. The van der Waals surface area contributed by atoms with E-state index in [4.69, 9.17) is 0 Å². The van der Waals surface area contributed by atoms with Crippen molar-refractivity contribution in [3.8, 4) is 0 Å². The van der Waals surface area contributed by atoms with E-state index in [0.717, 1.165) is 12.3 Å². The Hall–Kier alpha value is -2.82. The number of ether oxygens (including phenoxy) is 1. The molecule has 3 aromatic rings. The van der Waals surface area contributed by atoms with Crippen molar-refractivity contribution >= 4 is 21.5 Å². The van der Waals surface area contributed by atoms with Crippen LogP contribution in [0.5, 0.6) is 0 Å². The van der Waals surface area contributed by atoms with Crippen molar-refractivity contribution < 1.29 is 22.6 Å². The van der Waals surface area contributed by atoms with E-state index in [9.17, 15) is 13.2 Å². The van der Waals surface area contributed by atoms with Crippen LogP contribution in [-0.2, 0) is 17.6 Å². The Labute approximate surface area is 166 Å². The molecule has 0 radical (unpaired) electrons. The van der Waals surface area contributed by atoms with Crippen LogP contribution in [0.25, 0.3) is 21.5 Å². The van der Waals surface area contributed by atoms with Crippen molar-refractivity contribution in [1.82, 2.24) is 0 Å². The van der Waals surface area contributed by atoms with E-state index in [1.54, 1.807) is 11.1 Å². The summed E-state index contributed by atoms with van der Waals surface area (Å²) in [5.74, 6) is 0. The van der Waals surface area contributed by atoms with Crippen LogP contribution in [0.15, 0.2) is 72.5 Å². The molecular formula is C24H22F4O. The van der Waals surface area contributed by atoms with Gasteiger partial charge in [-0.2, -0.15) is 13.2 Å². The Morgan fingerprint density at radius 2 is 1.55 bits per heavy atom. The molecule has 0 saturated heterocycles. The second kappa shape index (κ2) is 8.68. The number of halogens is 4. The highest BCUT2D eigenvalue weighted by Crippen LogP contribution is 2.33. The predicted octanol–water partition coefficient (Wildman–Crippen LogP) is 7.04. The summed E-state index contributed by atoms with van der Waals surface area (Å²) in [6, 6.07) is 18.0. The van der Waals surface area contributed by atoms with Crippen LogP contribution in [0.1, 0.15) is 24.0 Å². The topological polar surface area (TPSA) is 9.23 Å². The van der Waals surface area contributed by atoms with Crippen LogP contribution in [0, 0.1) is 0 Å². The quantitative estimate of drug-likeness (QED) is 0.289. The zero-order valence-electron chi connectivity index (χ0n) is 15.8. The zero-order valence-corrected chi connectivity index (χ0v) is 15.8. The van der Waals surface area contributed by atoms with E-state index in [1.807, 2.05) is 0 Å². The lowest BCUT2D eigenvalue weighted by Gasteiger charge is -2.18. The molecule has 1 heterocycles. The molecule has 0 unspecified atom stereocenters. The van der Waals surface area contributed by atoms with E-state index in [2.05, 4.69) is 53.3 Å². The van der Waals surface area contributed by atoms with Crippen LogP contribution in [0.3, 0.4) is 0 Å². The number of fused-ring (bicyclic) bond motifs is 5. The molecule has 0 saturated carbocycles. The number of benzene rings is 3. The first-order chi connectivity index (χ1) is 13.5. The second-order valence-corrected chi connectivity index (χ2v) is 7.10. The summed E-state index contributed by atoms with van der Waals surface area (Å²) in [6.45, 7) is 0.222. The smallest absolute Gasteiger partial charge is 0.419 e. The zero-order chi connectivity index (χ0) is 19.6. The highest BCUT2D eigenvalue weighted by Gasteiger charge is 2.32. The molecule has 0 amide bonds. The van der Waals surface area contributed by atoms with Crippen molar-refractivity contribution in [2.45, 2.75) is 31.9 Å². The van der Waals surface area contributed by atoms with Gasteiger partial charge in [0, 0.05) is 0 Å². The fourth-order valence-corrected chi connectivity index (χ4v) is 3.91. The summed E-state index contributed by atoms with van der Waals surface area (Å²) in [4.78, 5) is 0. The van der Waals surface area contributed by atoms with Crippen molar-refractivity contribution in [2.24, 2.45) is 0 Å². The van der Waals surface area contributed by atoms with Crippen LogP contribution in [-0.4, -0.2) is 12.8 Å². The van der Waals surface area contributed by atoms with E-state index in [-0.39, 0.29) is 11.3 Å². The Morgan fingerprint density at radius 1 is 0.793 bits per heavy atom. The lowest BCUT2D eigenvalue weighted by Crippen LogP contribution is -2.12.